The number of carbonyl (C=O) groups is 2. The topological polar surface area (TPSA) is 55.8 Å². The van der Waals surface area contributed by atoms with Crippen LogP contribution < -0.4 is 0 Å². The fourth-order valence-corrected chi connectivity index (χ4v) is 5.10. The maximum absolute atomic E-state index is 12.2. The summed E-state index contributed by atoms with van der Waals surface area (Å²) in [6, 6.07) is 1.73. The number of likely N-dealkylation sites (tertiary alicyclic amines) is 1. The summed E-state index contributed by atoms with van der Waals surface area (Å²) < 4.78 is 11.1. The molecule has 0 aliphatic carbocycles. The van der Waals surface area contributed by atoms with E-state index < -0.39 is 8.56 Å². The predicted molar refractivity (Wildman–Crippen MR) is 79.4 cm³/mol. The van der Waals surface area contributed by atoms with E-state index in [2.05, 4.69) is 6.92 Å². The van der Waals surface area contributed by atoms with Crippen molar-refractivity contribution in [3.05, 3.63) is 0 Å². The molecule has 0 saturated carbocycles. The average Bonchev–Trinajstić information content (AvgIpc) is 2.70. The first kappa shape index (κ1) is 17.3. The first-order chi connectivity index (χ1) is 9.40. The van der Waals surface area contributed by atoms with Gasteiger partial charge >= 0.3 is 8.56 Å². The van der Waals surface area contributed by atoms with Crippen LogP contribution in [-0.2, 0) is 18.4 Å². The minimum Gasteiger partial charge on any atom is -0.398 e. The van der Waals surface area contributed by atoms with Crippen LogP contribution in [0.2, 0.25) is 12.1 Å². The molecular weight excluding hydrogens is 274 g/mol. The molecule has 1 fully saturated rings. The molecule has 0 spiro atoms. The Hall–Kier alpha value is -0.723. The van der Waals surface area contributed by atoms with Crippen molar-refractivity contribution in [2.75, 3.05) is 14.2 Å². The van der Waals surface area contributed by atoms with Crippen molar-refractivity contribution in [3.63, 3.8) is 0 Å². The lowest BCUT2D eigenvalue weighted by Gasteiger charge is -2.26. The highest BCUT2D eigenvalue weighted by Gasteiger charge is 2.40. The molecule has 0 aromatic rings. The SMILES string of the molecule is CC[Si](CCCC1CC(=O)N(C(C)C)C1=O)(OC)OC. The van der Waals surface area contributed by atoms with Gasteiger partial charge in [-0.1, -0.05) is 13.3 Å². The lowest BCUT2D eigenvalue weighted by molar-refractivity contribution is -0.141. The Labute approximate surface area is 122 Å². The van der Waals surface area contributed by atoms with Gasteiger partial charge in [0.2, 0.25) is 11.8 Å². The van der Waals surface area contributed by atoms with Crippen molar-refractivity contribution in [1.29, 1.82) is 0 Å². The van der Waals surface area contributed by atoms with Crippen LogP contribution in [0.15, 0.2) is 0 Å². The molecule has 116 valence electrons. The summed E-state index contributed by atoms with van der Waals surface area (Å²) in [5, 5.41) is 0. The van der Waals surface area contributed by atoms with Gasteiger partial charge in [0.25, 0.3) is 0 Å². The lowest BCUT2D eigenvalue weighted by atomic mass is 10.0. The minimum absolute atomic E-state index is 0.0106. The number of hydrogen-bond donors (Lipinski definition) is 0. The molecule has 1 rings (SSSR count). The average molecular weight is 301 g/mol. The molecule has 0 radical (unpaired) electrons. The first-order valence-corrected chi connectivity index (χ1v) is 9.60. The van der Waals surface area contributed by atoms with Gasteiger partial charge < -0.3 is 8.85 Å². The predicted octanol–water partition coefficient (Wildman–Crippen LogP) is 2.31. The van der Waals surface area contributed by atoms with Crippen LogP contribution in [-0.4, -0.2) is 45.5 Å². The Balaban J connectivity index is 2.51. The highest BCUT2D eigenvalue weighted by molar-refractivity contribution is 6.67. The largest absolute Gasteiger partial charge is 0.398 e. The summed E-state index contributed by atoms with van der Waals surface area (Å²) >= 11 is 0. The number of nitrogens with zero attached hydrogens (tertiary/aromatic N) is 1. The molecule has 2 amide bonds. The highest BCUT2D eigenvalue weighted by Crippen LogP contribution is 2.28. The zero-order chi connectivity index (χ0) is 15.3. The van der Waals surface area contributed by atoms with Crippen LogP contribution in [0.1, 0.15) is 40.0 Å². The second-order valence-electron chi connectivity index (χ2n) is 5.66. The number of carbonyl (C=O) groups excluding carboxylic acids is 2. The smallest absolute Gasteiger partial charge is 0.337 e. The van der Waals surface area contributed by atoms with Crippen LogP contribution >= 0.6 is 0 Å². The van der Waals surface area contributed by atoms with E-state index in [1.165, 1.54) is 4.90 Å². The molecule has 20 heavy (non-hydrogen) atoms. The highest BCUT2D eigenvalue weighted by atomic mass is 28.4. The summed E-state index contributed by atoms with van der Waals surface area (Å²) in [6.07, 6.45) is 1.98. The van der Waals surface area contributed by atoms with E-state index in [-0.39, 0.29) is 23.8 Å². The molecule has 0 N–H and O–H groups in total. The van der Waals surface area contributed by atoms with E-state index in [0.717, 1.165) is 24.9 Å². The number of amides is 2. The maximum Gasteiger partial charge on any atom is 0.337 e. The molecular formula is C14H27NO4Si. The minimum atomic E-state index is -2.08. The van der Waals surface area contributed by atoms with Crippen LogP contribution in [0.3, 0.4) is 0 Å². The van der Waals surface area contributed by atoms with Gasteiger partial charge in [0.15, 0.2) is 0 Å². The summed E-state index contributed by atoms with van der Waals surface area (Å²) in [6.45, 7) is 5.83. The van der Waals surface area contributed by atoms with Gasteiger partial charge in [0, 0.05) is 32.6 Å². The number of imide groups is 1. The molecule has 1 heterocycles. The van der Waals surface area contributed by atoms with Crippen molar-refractivity contribution in [2.24, 2.45) is 5.92 Å². The first-order valence-electron chi connectivity index (χ1n) is 7.37. The Kier molecular flexibility index (Phi) is 6.35. The molecule has 1 unspecified atom stereocenters. The van der Waals surface area contributed by atoms with E-state index in [4.69, 9.17) is 8.85 Å². The summed E-state index contributed by atoms with van der Waals surface area (Å²) in [7, 11) is 1.32. The second kappa shape index (κ2) is 7.33. The summed E-state index contributed by atoms with van der Waals surface area (Å²) in [5.74, 6) is -0.196. The van der Waals surface area contributed by atoms with Crippen molar-refractivity contribution < 1.29 is 18.4 Å². The molecule has 1 aliphatic rings. The Morgan fingerprint density at radius 3 is 2.30 bits per heavy atom. The monoisotopic (exact) mass is 301 g/mol. The molecule has 1 saturated heterocycles. The van der Waals surface area contributed by atoms with Crippen molar-refractivity contribution >= 4 is 20.4 Å². The number of hydrogen-bond acceptors (Lipinski definition) is 4. The quantitative estimate of drug-likeness (QED) is 0.510. The van der Waals surface area contributed by atoms with Crippen LogP contribution in [0, 0.1) is 5.92 Å². The molecule has 1 atom stereocenters. The van der Waals surface area contributed by atoms with E-state index in [1.807, 2.05) is 13.8 Å². The normalized spacial score (nSPS) is 20.3. The third-order valence-electron chi connectivity index (χ3n) is 4.19. The Bertz CT molecular complexity index is 347. The molecule has 6 heteroatoms. The van der Waals surface area contributed by atoms with Crippen LogP contribution in [0.25, 0.3) is 0 Å². The molecule has 1 aliphatic heterocycles. The van der Waals surface area contributed by atoms with Crippen molar-refractivity contribution in [2.45, 2.75) is 58.2 Å². The fourth-order valence-electron chi connectivity index (χ4n) is 2.85. The van der Waals surface area contributed by atoms with Gasteiger partial charge in [0.05, 0.1) is 0 Å². The third-order valence-corrected chi connectivity index (χ3v) is 7.87. The fraction of sp³-hybridized carbons (Fsp3) is 0.857. The van der Waals surface area contributed by atoms with Gasteiger partial charge in [-0.05, 0) is 32.4 Å². The van der Waals surface area contributed by atoms with Gasteiger partial charge in [-0.2, -0.15) is 0 Å². The van der Waals surface area contributed by atoms with Crippen LogP contribution in [0.4, 0.5) is 0 Å². The standard InChI is InChI=1S/C14H27NO4Si/c1-6-20(18-4,19-5)9-7-8-12-10-13(16)15(11(2)3)14(12)17/h11-12H,6-10H2,1-5H3. The van der Waals surface area contributed by atoms with E-state index in [9.17, 15) is 9.59 Å². The van der Waals surface area contributed by atoms with E-state index in [0.29, 0.717) is 6.42 Å². The summed E-state index contributed by atoms with van der Waals surface area (Å²) in [5.41, 5.74) is 0. The summed E-state index contributed by atoms with van der Waals surface area (Å²) in [4.78, 5) is 25.4. The third kappa shape index (κ3) is 3.68. The zero-order valence-electron chi connectivity index (χ0n) is 13.3. The van der Waals surface area contributed by atoms with Gasteiger partial charge in [0.1, 0.15) is 0 Å². The van der Waals surface area contributed by atoms with Gasteiger partial charge in [-0.3, -0.25) is 14.5 Å². The maximum atomic E-state index is 12.2. The van der Waals surface area contributed by atoms with Gasteiger partial charge in [-0.25, -0.2) is 0 Å². The molecule has 0 aromatic heterocycles. The lowest BCUT2D eigenvalue weighted by Crippen LogP contribution is -2.39. The van der Waals surface area contributed by atoms with Crippen molar-refractivity contribution in [1.82, 2.24) is 4.90 Å². The Morgan fingerprint density at radius 2 is 1.90 bits per heavy atom. The Morgan fingerprint density at radius 1 is 1.30 bits per heavy atom. The number of rotatable bonds is 8. The van der Waals surface area contributed by atoms with Gasteiger partial charge in [-0.15, -0.1) is 0 Å². The van der Waals surface area contributed by atoms with Crippen molar-refractivity contribution in [3.8, 4) is 0 Å². The zero-order valence-corrected chi connectivity index (χ0v) is 14.3. The van der Waals surface area contributed by atoms with E-state index >= 15 is 0 Å². The van der Waals surface area contributed by atoms with Crippen LogP contribution in [0.5, 0.6) is 0 Å². The van der Waals surface area contributed by atoms with E-state index in [1.54, 1.807) is 14.2 Å². The molecule has 0 aromatic carbocycles. The molecule has 5 nitrogen and oxygen atoms in total. The molecule has 0 bridgehead atoms. The second-order valence-corrected chi connectivity index (χ2v) is 9.51.